The fourth-order valence-electron chi connectivity index (χ4n) is 5.87. The van der Waals surface area contributed by atoms with Gasteiger partial charge in [0.1, 0.15) is 11.9 Å². The number of carbonyl (C=O) groups excluding carboxylic acids is 1. The number of benzene rings is 4. The van der Waals surface area contributed by atoms with Crippen LogP contribution in [-0.2, 0) is 17.6 Å². The van der Waals surface area contributed by atoms with E-state index in [4.69, 9.17) is 4.74 Å². The average Bonchev–Trinajstić information content (AvgIpc) is 3.27. The first kappa shape index (κ1) is 27.1. The monoisotopic (exact) mass is 559 g/mol. The van der Waals surface area contributed by atoms with Crippen LogP contribution in [0.3, 0.4) is 0 Å². The maximum atomic E-state index is 14.0. The number of fused-ring (bicyclic) bond motifs is 2. The van der Waals surface area contributed by atoms with Crippen LogP contribution in [0.25, 0.3) is 10.9 Å². The predicted octanol–water partition coefficient (Wildman–Crippen LogP) is 6.17. The van der Waals surface area contributed by atoms with Crippen LogP contribution >= 0.6 is 0 Å². The Morgan fingerprint density at radius 3 is 2.43 bits per heavy atom. The van der Waals surface area contributed by atoms with Gasteiger partial charge in [0.05, 0.1) is 30.7 Å². The molecule has 1 aliphatic heterocycles. The minimum Gasteiger partial charge on any atom is -0.485 e. The summed E-state index contributed by atoms with van der Waals surface area (Å²) in [6.07, 6.45) is 0.465. The summed E-state index contributed by atoms with van der Waals surface area (Å²) in [6, 6.07) is 31.4. The molecule has 0 fully saturated rings. The lowest BCUT2D eigenvalue weighted by molar-refractivity contribution is -0.136. The number of carboxylic acids is 1. The fraction of sp³-hybridized carbons (Fsp3) is 0.200. The van der Waals surface area contributed by atoms with Gasteiger partial charge in [0, 0.05) is 29.4 Å². The van der Waals surface area contributed by atoms with Gasteiger partial charge in [0.25, 0.3) is 5.91 Å². The number of hydrogen-bond acceptors (Lipinski definition) is 5. The second-order valence-electron chi connectivity index (χ2n) is 10.8. The topological polar surface area (TPSA) is 83.8 Å². The normalized spacial score (nSPS) is 14.3. The predicted molar refractivity (Wildman–Crippen MR) is 166 cm³/mol. The molecular formula is C35H33N3O4. The lowest BCUT2D eigenvalue weighted by Crippen LogP contribution is -2.41. The van der Waals surface area contributed by atoms with Crippen LogP contribution in [0.4, 0.5) is 11.4 Å². The van der Waals surface area contributed by atoms with Gasteiger partial charge in [-0.25, -0.2) is 0 Å². The summed E-state index contributed by atoms with van der Waals surface area (Å²) in [5.74, 6) is -0.234. The van der Waals surface area contributed by atoms with Crippen LogP contribution < -0.4 is 15.0 Å². The van der Waals surface area contributed by atoms with Crippen molar-refractivity contribution in [2.75, 3.05) is 30.4 Å². The van der Waals surface area contributed by atoms with Crippen LogP contribution in [0.1, 0.15) is 32.7 Å². The van der Waals surface area contributed by atoms with Gasteiger partial charge in [-0.2, -0.15) is 0 Å². The highest BCUT2D eigenvalue weighted by Gasteiger charge is 2.25. The van der Waals surface area contributed by atoms with Crippen molar-refractivity contribution in [2.24, 2.45) is 0 Å². The number of ether oxygens (including phenoxy) is 1. The van der Waals surface area contributed by atoms with Crippen LogP contribution in [0.15, 0.2) is 97.1 Å². The standard InChI is InChI=1S/C35H33N3O4/c1-23-30(20-33(39)40)29-12-8-11-26(19-24-9-4-3-5-10-24)34(29)38(23)35(41)25-15-17-27(18-16-25)36-21-28-22-37(2)31-13-6-7-14-32(31)42-28/h3-18,28,36H,19-22H2,1-2H3,(H,39,40)/t28-/m1/s1. The molecular weight excluding hydrogens is 526 g/mol. The number of anilines is 2. The summed E-state index contributed by atoms with van der Waals surface area (Å²) in [6.45, 7) is 3.22. The van der Waals surface area contributed by atoms with Crippen LogP contribution in [0.2, 0.25) is 0 Å². The Kier molecular flexibility index (Phi) is 7.40. The number of aromatic nitrogens is 1. The zero-order chi connectivity index (χ0) is 29.2. The van der Waals surface area contributed by atoms with Gasteiger partial charge < -0.3 is 20.1 Å². The highest BCUT2D eigenvalue weighted by Crippen LogP contribution is 2.33. The summed E-state index contributed by atoms with van der Waals surface area (Å²) in [7, 11) is 2.06. The smallest absolute Gasteiger partial charge is 0.307 e. The van der Waals surface area contributed by atoms with Crippen molar-refractivity contribution in [3.8, 4) is 5.75 Å². The molecule has 0 saturated heterocycles. The molecule has 0 saturated carbocycles. The van der Waals surface area contributed by atoms with Gasteiger partial charge >= 0.3 is 5.97 Å². The number of hydrogen-bond donors (Lipinski definition) is 2. The lowest BCUT2D eigenvalue weighted by atomic mass is 10.0. The molecule has 212 valence electrons. The fourth-order valence-corrected chi connectivity index (χ4v) is 5.87. The highest BCUT2D eigenvalue weighted by atomic mass is 16.5. The Morgan fingerprint density at radius 2 is 1.67 bits per heavy atom. The zero-order valence-corrected chi connectivity index (χ0v) is 23.7. The molecule has 0 unspecified atom stereocenters. The van der Waals surface area contributed by atoms with Crippen molar-refractivity contribution < 1.29 is 19.4 Å². The summed E-state index contributed by atoms with van der Waals surface area (Å²) in [5, 5.41) is 13.9. The molecule has 5 aromatic rings. The number of rotatable bonds is 8. The molecule has 1 atom stereocenters. The van der Waals surface area contributed by atoms with Crippen molar-refractivity contribution in [3.05, 3.63) is 125 Å². The average molecular weight is 560 g/mol. The van der Waals surface area contributed by atoms with Crippen LogP contribution in [0.5, 0.6) is 5.75 Å². The molecule has 2 heterocycles. The number of para-hydroxylation sites is 3. The number of aliphatic carboxylic acids is 1. The van der Waals surface area contributed by atoms with Crippen molar-refractivity contribution in [1.82, 2.24) is 4.57 Å². The largest absolute Gasteiger partial charge is 0.485 e. The summed E-state index contributed by atoms with van der Waals surface area (Å²) >= 11 is 0. The van der Waals surface area contributed by atoms with Gasteiger partial charge in [-0.15, -0.1) is 0 Å². The molecule has 0 radical (unpaired) electrons. The molecule has 0 aliphatic carbocycles. The number of nitrogens with zero attached hydrogens (tertiary/aromatic N) is 2. The molecule has 2 N–H and O–H groups in total. The third-order valence-electron chi connectivity index (χ3n) is 7.92. The number of likely N-dealkylation sites (N-methyl/N-ethyl adjacent to an activating group) is 1. The van der Waals surface area contributed by atoms with Gasteiger partial charge in [-0.1, -0.05) is 60.7 Å². The maximum Gasteiger partial charge on any atom is 0.307 e. The van der Waals surface area contributed by atoms with E-state index in [1.807, 2.05) is 85.8 Å². The minimum absolute atomic E-state index is 0.0178. The van der Waals surface area contributed by atoms with Crippen molar-refractivity contribution in [2.45, 2.75) is 25.9 Å². The van der Waals surface area contributed by atoms with E-state index >= 15 is 0 Å². The molecule has 7 nitrogen and oxygen atoms in total. The SMILES string of the molecule is Cc1c(CC(=O)O)c2cccc(Cc3ccccc3)c2n1C(=O)c1ccc(NC[C@@H]2CN(C)c3ccccc3O2)cc1. The van der Waals surface area contributed by atoms with Gasteiger partial charge in [0.2, 0.25) is 0 Å². The molecule has 0 spiro atoms. The maximum absolute atomic E-state index is 14.0. The second kappa shape index (κ2) is 11.4. The molecule has 0 bridgehead atoms. The van der Waals surface area contributed by atoms with Crippen LogP contribution in [0, 0.1) is 6.92 Å². The number of carboxylic acid groups (broad SMARTS) is 1. The Balaban J connectivity index is 1.26. The van der Waals surface area contributed by atoms with E-state index in [0.717, 1.165) is 45.7 Å². The highest BCUT2D eigenvalue weighted by molar-refractivity contribution is 6.05. The van der Waals surface area contributed by atoms with E-state index < -0.39 is 5.97 Å². The zero-order valence-electron chi connectivity index (χ0n) is 23.7. The van der Waals surface area contributed by atoms with Gasteiger partial charge in [-0.05, 0) is 66.4 Å². The minimum atomic E-state index is -0.926. The number of carbonyl (C=O) groups is 2. The van der Waals surface area contributed by atoms with E-state index in [1.165, 1.54) is 0 Å². The first-order chi connectivity index (χ1) is 20.4. The summed E-state index contributed by atoms with van der Waals surface area (Å²) < 4.78 is 7.87. The van der Waals surface area contributed by atoms with Crippen molar-refractivity contribution in [1.29, 1.82) is 0 Å². The summed E-state index contributed by atoms with van der Waals surface area (Å²) in [5.41, 5.74) is 6.68. The third kappa shape index (κ3) is 5.33. The molecule has 6 rings (SSSR count). The quantitative estimate of drug-likeness (QED) is 0.237. The summed E-state index contributed by atoms with van der Waals surface area (Å²) in [4.78, 5) is 28.0. The van der Waals surface area contributed by atoms with E-state index in [1.54, 1.807) is 4.57 Å². The van der Waals surface area contributed by atoms with Crippen molar-refractivity contribution in [3.63, 3.8) is 0 Å². The molecule has 4 aromatic carbocycles. The molecule has 1 aliphatic rings. The van der Waals surface area contributed by atoms with Crippen molar-refractivity contribution >= 4 is 34.2 Å². The first-order valence-corrected chi connectivity index (χ1v) is 14.1. The van der Waals surface area contributed by atoms with Gasteiger partial charge in [-0.3, -0.25) is 14.2 Å². The second-order valence-corrected chi connectivity index (χ2v) is 10.8. The molecule has 42 heavy (non-hydrogen) atoms. The van der Waals surface area contributed by atoms with Crippen LogP contribution in [-0.4, -0.2) is 47.8 Å². The molecule has 7 heteroatoms. The Hall–Kier alpha value is -5.04. The van der Waals surface area contributed by atoms with E-state index in [2.05, 4.69) is 35.5 Å². The Labute approximate surface area is 245 Å². The van der Waals surface area contributed by atoms with E-state index in [9.17, 15) is 14.7 Å². The Morgan fingerprint density at radius 1 is 0.929 bits per heavy atom. The molecule has 1 aromatic heterocycles. The Bertz CT molecular complexity index is 1760. The van der Waals surface area contributed by atoms with E-state index in [-0.39, 0.29) is 18.4 Å². The molecule has 0 amide bonds. The van der Waals surface area contributed by atoms with Gasteiger partial charge in [0.15, 0.2) is 0 Å². The van der Waals surface area contributed by atoms with E-state index in [0.29, 0.717) is 29.8 Å². The third-order valence-corrected chi connectivity index (χ3v) is 7.92. The lowest BCUT2D eigenvalue weighted by Gasteiger charge is -2.34. The number of nitrogens with one attached hydrogen (secondary N) is 1. The first-order valence-electron chi connectivity index (χ1n) is 14.1.